The van der Waals surface area contributed by atoms with Crippen LogP contribution >= 0.6 is 0 Å². The molecule has 2 rings (SSSR count). The van der Waals surface area contributed by atoms with Crippen LogP contribution in [0.15, 0.2) is 42.5 Å². The normalized spacial score (nSPS) is 12.2. The molecule has 0 bridgehead atoms. The molecule has 1 unspecified atom stereocenters. The number of ether oxygens (including phenoxy) is 1. The summed E-state index contributed by atoms with van der Waals surface area (Å²) in [5.74, 6) is -1.93. The monoisotopic (exact) mass is 309 g/mol. The Balaban J connectivity index is 1.84. The van der Waals surface area contributed by atoms with E-state index in [1.165, 1.54) is 12.1 Å². The largest absolute Gasteiger partial charge is 0.493 e. The van der Waals surface area contributed by atoms with Crippen molar-refractivity contribution in [3.63, 3.8) is 0 Å². The van der Waals surface area contributed by atoms with Gasteiger partial charge in [-0.15, -0.1) is 0 Å². The van der Waals surface area contributed by atoms with E-state index in [0.29, 0.717) is 31.6 Å². The summed E-state index contributed by atoms with van der Waals surface area (Å²) in [4.78, 5) is 0. The van der Waals surface area contributed by atoms with Crippen molar-refractivity contribution in [3.8, 4) is 5.75 Å². The highest BCUT2D eigenvalue weighted by atomic mass is 19.2. The van der Waals surface area contributed by atoms with Crippen molar-refractivity contribution in [2.75, 3.05) is 13.2 Å². The number of halogens is 3. The molecule has 0 saturated heterocycles. The second-order valence-corrected chi connectivity index (χ2v) is 5.02. The average Bonchev–Trinajstić information content (AvgIpc) is 2.52. The Labute approximate surface area is 127 Å². The van der Waals surface area contributed by atoms with E-state index < -0.39 is 11.6 Å². The molecule has 5 heteroatoms. The van der Waals surface area contributed by atoms with Crippen molar-refractivity contribution in [2.24, 2.45) is 5.73 Å². The number of hydrogen-bond acceptors (Lipinski definition) is 2. The van der Waals surface area contributed by atoms with Crippen molar-refractivity contribution in [1.29, 1.82) is 0 Å². The van der Waals surface area contributed by atoms with Gasteiger partial charge in [0.2, 0.25) is 0 Å². The maximum Gasteiger partial charge on any atom is 0.162 e. The SMILES string of the molecule is NCC(CCCOc1ccc(F)c(F)c1)c1ccccc1F. The third-order valence-electron chi connectivity index (χ3n) is 3.49. The minimum Gasteiger partial charge on any atom is -0.493 e. The van der Waals surface area contributed by atoms with Crippen LogP contribution in [0.5, 0.6) is 5.75 Å². The van der Waals surface area contributed by atoms with Crippen LogP contribution in [0, 0.1) is 17.5 Å². The Morgan fingerprint density at radius 2 is 1.73 bits per heavy atom. The third-order valence-corrected chi connectivity index (χ3v) is 3.49. The Kier molecular flexibility index (Phi) is 5.83. The summed E-state index contributed by atoms with van der Waals surface area (Å²) < 4.78 is 44.9. The molecule has 118 valence electrons. The second kappa shape index (κ2) is 7.84. The zero-order valence-corrected chi connectivity index (χ0v) is 12.1. The van der Waals surface area contributed by atoms with Gasteiger partial charge in [-0.05, 0) is 49.1 Å². The first-order valence-electron chi connectivity index (χ1n) is 7.14. The molecule has 2 aromatic carbocycles. The maximum atomic E-state index is 13.7. The Hall–Kier alpha value is -2.01. The van der Waals surface area contributed by atoms with Crippen molar-refractivity contribution in [2.45, 2.75) is 18.8 Å². The van der Waals surface area contributed by atoms with Gasteiger partial charge in [0, 0.05) is 6.07 Å². The zero-order chi connectivity index (χ0) is 15.9. The van der Waals surface area contributed by atoms with Crippen LogP contribution in [0.3, 0.4) is 0 Å². The van der Waals surface area contributed by atoms with E-state index in [1.54, 1.807) is 18.2 Å². The highest BCUT2D eigenvalue weighted by molar-refractivity contribution is 5.24. The first-order chi connectivity index (χ1) is 10.6. The van der Waals surface area contributed by atoms with E-state index in [2.05, 4.69) is 0 Å². The molecule has 0 heterocycles. The Morgan fingerprint density at radius 1 is 0.955 bits per heavy atom. The summed E-state index contributed by atoms with van der Waals surface area (Å²) in [6, 6.07) is 9.95. The molecule has 2 aromatic rings. The lowest BCUT2D eigenvalue weighted by Gasteiger charge is -2.16. The van der Waals surface area contributed by atoms with Gasteiger partial charge in [-0.3, -0.25) is 0 Å². The molecule has 0 aliphatic heterocycles. The predicted molar refractivity (Wildman–Crippen MR) is 79.3 cm³/mol. The van der Waals surface area contributed by atoms with E-state index in [0.717, 1.165) is 12.1 Å². The van der Waals surface area contributed by atoms with Gasteiger partial charge in [-0.25, -0.2) is 13.2 Å². The summed E-state index contributed by atoms with van der Waals surface area (Å²) in [5.41, 5.74) is 6.30. The third kappa shape index (κ3) is 4.24. The van der Waals surface area contributed by atoms with Gasteiger partial charge in [-0.1, -0.05) is 18.2 Å². The molecule has 0 spiro atoms. The zero-order valence-electron chi connectivity index (χ0n) is 12.1. The van der Waals surface area contributed by atoms with Crippen molar-refractivity contribution < 1.29 is 17.9 Å². The summed E-state index contributed by atoms with van der Waals surface area (Å²) in [6.45, 7) is 0.669. The molecule has 1 atom stereocenters. The molecule has 0 aliphatic rings. The minimum absolute atomic E-state index is 0.0882. The van der Waals surface area contributed by atoms with E-state index >= 15 is 0 Å². The molecule has 0 fully saturated rings. The smallest absolute Gasteiger partial charge is 0.162 e. The van der Waals surface area contributed by atoms with Gasteiger partial charge in [0.1, 0.15) is 11.6 Å². The summed E-state index contributed by atoms with van der Waals surface area (Å²) in [5, 5.41) is 0. The maximum absolute atomic E-state index is 13.7. The van der Waals surface area contributed by atoms with Crippen molar-refractivity contribution in [1.82, 2.24) is 0 Å². The van der Waals surface area contributed by atoms with Crippen LogP contribution in [-0.2, 0) is 0 Å². The lowest BCUT2D eigenvalue weighted by atomic mass is 9.94. The lowest BCUT2D eigenvalue weighted by molar-refractivity contribution is 0.298. The topological polar surface area (TPSA) is 35.2 Å². The van der Waals surface area contributed by atoms with E-state index in [9.17, 15) is 13.2 Å². The Bertz CT molecular complexity index is 619. The minimum atomic E-state index is -0.941. The Morgan fingerprint density at radius 3 is 2.41 bits per heavy atom. The number of nitrogens with two attached hydrogens (primary N) is 1. The molecule has 2 nitrogen and oxygen atoms in total. The number of rotatable bonds is 7. The van der Waals surface area contributed by atoms with Gasteiger partial charge in [0.15, 0.2) is 11.6 Å². The number of hydrogen-bond donors (Lipinski definition) is 1. The summed E-state index contributed by atoms with van der Waals surface area (Å²) >= 11 is 0. The van der Waals surface area contributed by atoms with Crippen LogP contribution in [0.1, 0.15) is 24.3 Å². The molecule has 0 aliphatic carbocycles. The second-order valence-electron chi connectivity index (χ2n) is 5.02. The predicted octanol–water partition coefficient (Wildman–Crippen LogP) is 4.01. The molecule has 2 N–H and O–H groups in total. The quantitative estimate of drug-likeness (QED) is 0.784. The average molecular weight is 309 g/mol. The van der Waals surface area contributed by atoms with Gasteiger partial charge in [0.25, 0.3) is 0 Å². The molecular weight excluding hydrogens is 291 g/mol. The highest BCUT2D eigenvalue weighted by Gasteiger charge is 2.13. The highest BCUT2D eigenvalue weighted by Crippen LogP contribution is 2.23. The molecule has 0 amide bonds. The van der Waals surface area contributed by atoms with Crippen LogP contribution < -0.4 is 10.5 Å². The van der Waals surface area contributed by atoms with Gasteiger partial charge in [0.05, 0.1) is 6.61 Å². The van der Waals surface area contributed by atoms with E-state index in [-0.39, 0.29) is 17.5 Å². The fourth-order valence-electron chi connectivity index (χ4n) is 2.29. The molecule has 0 aromatic heterocycles. The molecule has 0 radical (unpaired) electrons. The van der Waals surface area contributed by atoms with Crippen LogP contribution in [0.4, 0.5) is 13.2 Å². The van der Waals surface area contributed by atoms with E-state index in [1.807, 2.05) is 0 Å². The van der Waals surface area contributed by atoms with Gasteiger partial charge in [-0.2, -0.15) is 0 Å². The summed E-state index contributed by atoms with van der Waals surface area (Å²) in [7, 11) is 0. The van der Waals surface area contributed by atoms with Crippen LogP contribution in [-0.4, -0.2) is 13.2 Å². The standard InChI is InChI=1S/C17H18F3NO/c18-15-6-2-1-5-14(15)12(11-21)4-3-9-22-13-7-8-16(19)17(20)10-13/h1-2,5-8,10,12H,3-4,9,11,21H2. The fourth-order valence-corrected chi connectivity index (χ4v) is 2.29. The van der Waals surface area contributed by atoms with Gasteiger partial charge >= 0.3 is 0 Å². The number of benzene rings is 2. The van der Waals surface area contributed by atoms with E-state index in [4.69, 9.17) is 10.5 Å². The fraction of sp³-hybridized carbons (Fsp3) is 0.294. The first kappa shape index (κ1) is 16.4. The van der Waals surface area contributed by atoms with Crippen LogP contribution in [0.25, 0.3) is 0 Å². The van der Waals surface area contributed by atoms with Crippen molar-refractivity contribution >= 4 is 0 Å². The molecule has 22 heavy (non-hydrogen) atoms. The lowest BCUT2D eigenvalue weighted by Crippen LogP contribution is -2.15. The van der Waals surface area contributed by atoms with Gasteiger partial charge < -0.3 is 10.5 Å². The first-order valence-corrected chi connectivity index (χ1v) is 7.14. The summed E-state index contributed by atoms with van der Waals surface area (Å²) in [6.07, 6.45) is 1.29. The van der Waals surface area contributed by atoms with Crippen molar-refractivity contribution in [3.05, 3.63) is 65.5 Å². The molecule has 0 saturated carbocycles. The van der Waals surface area contributed by atoms with Crippen LogP contribution in [0.2, 0.25) is 0 Å². The molecular formula is C17H18F3NO.